The molecule has 3 atom stereocenters. The SMILES string of the molecule is CC(Oc1nccn2nc(NC3C4CCC3CN(c3ccnc(C(F)(F)F)c3)C4)nc12)C(F)(F)F. The number of piperidine rings is 1. The minimum absolute atomic E-state index is 0.0287. The Morgan fingerprint density at radius 2 is 1.77 bits per heavy atom. The van der Waals surface area contributed by atoms with Crippen molar-refractivity contribution in [2.45, 2.75) is 44.3 Å². The van der Waals surface area contributed by atoms with Crippen molar-refractivity contribution in [3.8, 4) is 5.88 Å². The molecule has 1 aliphatic heterocycles. The molecule has 5 rings (SSSR count). The van der Waals surface area contributed by atoms with Gasteiger partial charge in [0.05, 0.1) is 0 Å². The molecule has 1 saturated carbocycles. The first-order valence-electron chi connectivity index (χ1n) is 11.0. The maximum Gasteiger partial charge on any atom is 0.433 e. The molecule has 3 aromatic rings. The van der Waals surface area contributed by atoms with Gasteiger partial charge in [-0.05, 0) is 43.7 Å². The Kier molecular flexibility index (Phi) is 5.63. The van der Waals surface area contributed by atoms with Gasteiger partial charge in [-0.1, -0.05) is 0 Å². The topological polar surface area (TPSA) is 80.5 Å². The zero-order chi connectivity index (χ0) is 25.0. The molecule has 188 valence electrons. The molecule has 0 spiro atoms. The average Bonchev–Trinajstić information content (AvgIpc) is 3.29. The molecule has 3 aromatic heterocycles. The molecule has 35 heavy (non-hydrogen) atoms. The van der Waals surface area contributed by atoms with Crippen LogP contribution in [0.4, 0.5) is 38.0 Å². The molecule has 2 bridgehead atoms. The Balaban J connectivity index is 1.32. The predicted molar refractivity (Wildman–Crippen MR) is 112 cm³/mol. The zero-order valence-corrected chi connectivity index (χ0v) is 18.4. The van der Waals surface area contributed by atoms with Crippen molar-refractivity contribution in [1.29, 1.82) is 0 Å². The van der Waals surface area contributed by atoms with E-state index in [4.69, 9.17) is 4.74 Å². The Labute approximate surface area is 195 Å². The van der Waals surface area contributed by atoms with Gasteiger partial charge in [0.15, 0.2) is 6.10 Å². The van der Waals surface area contributed by atoms with Crippen LogP contribution in [0.1, 0.15) is 25.5 Å². The van der Waals surface area contributed by atoms with Gasteiger partial charge < -0.3 is 15.0 Å². The van der Waals surface area contributed by atoms with E-state index in [1.807, 2.05) is 4.90 Å². The fourth-order valence-corrected chi connectivity index (χ4v) is 4.76. The molecule has 2 fully saturated rings. The fourth-order valence-electron chi connectivity index (χ4n) is 4.76. The zero-order valence-electron chi connectivity index (χ0n) is 18.4. The molecular formula is C21H21F6N7O. The van der Waals surface area contributed by atoms with Crippen molar-refractivity contribution in [3.05, 3.63) is 36.4 Å². The van der Waals surface area contributed by atoms with Crippen molar-refractivity contribution in [3.63, 3.8) is 0 Å². The number of nitrogens with zero attached hydrogens (tertiary/aromatic N) is 6. The molecule has 3 unspecified atom stereocenters. The number of rotatable bonds is 5. The lowest BCUT2D eigenvalue weighted by Crippen LogP contribution is -2.48. The summed E-state index contributed by atoms with van der Waals surface area (Å²) in [6.45, 7) is 1.97. The highest BCUT2D eigenvalue weighted by Crippen LogP contribution is 2.41. The summed E-state index contributed by atoms with van der Waals surface area (Å²) in [7, 11) is 0. The highest BCUT2D eigenvalue weighted by atomic mass is 19.4. The fraction of sp³-hybridized carbons (Fsp3) is 0.524. The van der Waals surface area contributed by atoms with Gasteiger partial charge in [0.2, 0.25) is 11.6 Å². The number of pyridine rings is 1. The summed E-state index contributed by atoms with van der Waals surface area (Å²) in [5.74, 6) is 0.193. The predicted octanol–water partition coefficient (Wildman–Crippen LogP) is 4.19. The monoisotopic (exact) mass is 501 g/mol. The van der Waals surface area contributed by atoms with E-state index in [9.17, 15) is 26.3 Å². The first-order valence-corrected chi connectivity index (χ1v) is 11.0. The van der Waals surface area contributed by atoms with Crippen molar-refractivity contribution < 1.29 is 31.1 Å². The third-order valence-electron chi connectivity index (χ3n) is 6.50. The van der Waals surface area contributed by atoms with Crippen molar-refractivity contribution in [1.82, 2.24) is 24.6 Å². The smallest absolute Gasteiger partial charge is 0.433 e. The van der Waals surface area contributed by atoms with Gasteiger partial charge in [0.1, 0.15) is 5.69 Å². The summed E-state index contributed by atoms with van der Waals surface area (Å²) in [5.41, 5.74) is -0.407. The number of hydrogen-bond donors (Lipinski definition) is 1. The first-order chi connectivity index (χ1) is 16.5. The van der Waals surface area contributed by atoms with Gasteiger partial charge in [-0.3, -0.25) is 4.98 Å². The van der Waals surface area contributed by atoms with Crippen molar-refractivity contribution in [2.24, 2.45) is 11.8 Å². The molecule has 1 saturated heterocycles. The van der Waals surface area contributed by atoms with Gasteiger partial charge in [-0.2, -0.15) is 31.3 Å². The first kappa shape index (κ1) is 23.4. The van der Waals surface area contributed by atoms with Crippen molar-refractivity contribution in [2.75, 3.05) is 23.3 Å². The average molecular weight is 501 g/mol. The van der Waals surface area contributed by atoms with Crippen LogP contribution in [-0.2, 0) is 6.18 Å². The molecule has 2 aliphatic rings. The molecule has 1 N–H and O–H groups in total. The number of nitrogens with one attached hydrogen (secondary N) is 1. The third kappa shape index (κ3) is 4.65. The summed E-state index contributed by atoms with van der Waals surface area (Å²) >= 11 is 0. The summed E-state index contributed by atoms with van der Waals surface area (Å²) in [4.78, 5) is 13.5. The van der Waals surface area contributed by atoms with E-state index in [2.05, 4.69) is 25.4 Å². The summed E-state index contributed by atoms with van der Waals surface area (Å²) in [6, 6.07) is 2.61. The maximum atomic E-state index is 13.1. The second-order valence-electron chi connectivity index (χ2n) is 8.81. The van der Waals surface area contributed by atoms with Crippen LogP contribution in [0, 0.1) is 11.8 Å². The van der Waals surface area contributed by atoms with E-state index in [1.54, 1.807) is 6.07 Å². The van der Waals surface area contributed by atoms with E-state index in [1.165, 1.54) is 23.1 Å². The largest absolute Gasteiger partial charge is 0.462 e. The van der Waals surface area contributed by atoms with Crippen LogP contribution >= 0.6 is 0 Å². The van der Waals surface area contributed by atoms with Gasteiger partial charge in [-0.15, -0.1) is 5.10 Å². The quantitative estimate of drug-likeness (QED) is 0.525. The van der Waals surface area contributed by atoms with E-state index in [0.717, 1.165) is 25.8 Å². The van der Waals surface area contributed by atoms with Crippen LogP contribution in [0.2, 0.25) is 0 Å². The minimum Gasteiger partial charge on any atom is -0.462 e. The molecule has 14 heteroatoms. The molecular weight excluding hydrogens is 480 g/mol. The second-order valence-corrected chi connectivity index (χ2v) is 8.81. The number of fused-ring (bicyclic) bond motifs is 3. The number of alkyl halides is 6. The van der Waals surface area contributed by atoms with Crippen LogP contribution in [0.25, 0.3) is 5.65 Å². The standard InChI is InChI=1S/C21H21F6N7O/c1-11(20(22,23)24)35-18-17-31-19(32-34(17)7-6-29-18)30-16-12-2-3-13(16)10-33(9-12)14-4-5-28-15(8-14)21(25,26)27/h4-8,11-13,16H,2-3,9-10H2,1H3,(H,30,32). The summed E-state index contributed by atoms with van der Waals surface area (Å²) in [5, 5.41) is 7.58. The van der Waals surface area contributed by atoms with Gasteiger partial charge in [-0.25, -0.2) is 9.50 Å². The number of ether oxygens (including phenoxy) is 1. The van der Waals surface area contributed by atoms with Crippen LogP contribution in [0.15, 0.2) is 30.7 Å². The van der Waals surface area contributed by atoms with Crippen molar-refractivity contribution >= 4 is 17.3 Å². The van der Waals surface area contributed by atoms with Gasteiger partial charge in [0, 0.05) is 43.4 Å². The lowest BCUT2D eigenvalue weighted by molar-refractivity contribution is -0.189. The molecule has 0 amide bonds. The number of anilines is 2. The molecule has 0 radical (unpaired) electrons. The van der Waals surface area contributed by atoms with E-state index in [0.29, 0.717) is 18.8 Å². The van der Waals surface area contributed by atoms with Crippen LogP contribution < -0.4 is 15.0 Å². The summed E-state index contributed by atoms with van der Waals surface area (Å²) < 4.78 is 84.2. The third-order valence-corrected chi connectivity index (χ3v) is 6.50. The molecule has 0 aromatic carbocycles. The Hall–Kier alpha value is -3.32. The minimum atomic E-state index is -4.56. The van der Waals surface area contributed by atoms with Gasteiger partial charge >= 0.3 is 12.4 Å². The Bertz CT molecular complexity index is 1200. The van der Waals surface area contributed by atoms with Gasteiger partial charge in [0.25, 0.3) is 5.88 Å². The van der Waals surface area contributed by atoms with Crippen LogP contribution in [0.5, 0.6) is 5.88 Å². The van der Waals surface area contributed by atoms with Crippen LogP contribution in [-0.4, -0.2) is 56.0 Å². The lowest BCUT2D eigenvalue weighted by Gasteiger charge is -2.39. The Morgan fingerprint density at radius 1 is 1.06 bits per heavy atom. The normalized spacial score (nSPS) is 23.5. The summed E-state index contributed by atoms with van der Waals surface area (Å²) in [6.07, 6.45) is -5.49. The molecule has 1 aliphatic carbocycles. The Morgan fingerprint density at radius 3 is 2.43 bits per heavy atom. The van der Waals surface area contributed by atoms with E-state index >= 15 is 0 Å². The van der Waals surface area contributed by atoms with Crippen LogP contribution in [0.3, 0.4) is 0 Å². The molecule has 4 heterocycles. The lowest BCUT2D eigenvalue weighted by atomic mass is 9.92. The highest BCUT2D eigenvalue weighted by Gasteiger charge is 2.43. The maximum absolute atomic E-state index is 13.1. The number of aromatic nitrogens is 5. The second kappa shape index (κ2) is 8.41. The van der Waals surface area contributed by atoms with E-state index < -0.39 is 24.2 Å². The number of hydrogen-bond acceptors (Lipinski definition) is 7. The van der Waals surface area contributed by atoms with E-state index in [-0.39, 0.29) is 35.4 Å². The number of halogens is 6. The molecule has 8 nitrogen and oxygen atoms in total. The highest BCUT2D eigenvalue weighted by molar-refractivity contribution is 5.53.